The van der Waals surface area contributed by atoms with Crippen LogP contribution in [0.25, 0.3) is 0 Å². The molecule has 1 N–H and O–H groups in total. The number of aliphatic hydroxyl groups excluding tert-OH is 1. The fraction of sp³-hybridized carbons (Fsp3) is 0.571. The molecule has 1 fully saturated rings. The first-order chi connectivity index (χ1) is 8.20. The Labute approximate surface area is 102 Å². The lowest BCUT2D eigenvalue weighted by atomic mass is 10.1. The second-order valence-corrected chi connectivity index (χ2v) is 4.96. The van der Waals surface area contributed by atoms with E-state index in [0.29, 0.717) is 5.56 Å². The highest BCUT2D eigenvalue weighted by atomic mass is 19.1. The Morgan fingerprint density at radius 3 is 2.71 bits per heavy atom. The van der Waals surface area contributed by atoms with Gasteiger partial charge in [-0.25, -0.2) is 4.39 Å². The van der Waals surface area contributed by atoms with Gasteiger partial charge in [-0.3, -0.25) is 0 Å². The van der Waals surface area contributed by atoms with Crippen LogP contribution in [0.3, 0.4) is 0 Å². The van der Waals surface area contributed by atoms with Gasteiger partial charge in [-0.1, -0.05) is 12.8 Å². The van der Waals surface area contributed by atoms with E-state index < -0.39 is 0 Å². The summed E-state index contributed by atoms with van der Waals surface area (Å²) >= 11 is 0. The van der Waals surface area contributed by atoms with Crippen LogP contribution in [-0.4, -0.2) is 18.7 Å². The highest BCUT2D eigenvalue weighted by molar-refractivity contribution is 5.53. The molecule has 0 atom stereocenters. The van der Waals surface area contributed by atoms with Crippen molar-refractivity contribution in [1.29, 1.82) is 0 Å². The number of benzene rings is 1. The van der Waals surface area contributed by atoms with Gasteiger partial charge in [0.2, 0.25) is 0 Å². The minimum absolute atomic E-state index is 0.109. The smallest absolute Gasteiger partial charge is 0.123 e. The highest BCUT2D eigenvalue weighted by Gasteiger charge is 2.18. The third-order valence-electron chi connectivity index (χ3n) is 3.63. The van der Waals surface area contributed by atoms with E-state index in [-0.39, 0.29) is 12.4 Å². The first-order valence-electron chi connectivity index (χ1n) is 6.31. The summed E-state index contributed by atoms with van der Waals surface area (Å²) in [5.74, 6) is 0.462. The van der Waals surface area contributed by atoms with Crippen molar-refractivity contribution in [2.75, 3.05) is 18.5 Å². The lowest BCUT2D eigenvalue weighted by Crippen LogP contribution is -2.25. The molecule has 0 aliphatic heterocycles. The summed E-state index contributed by atoms with van der Waals surface area (Å²) in [6, 6.07) is 4.63. The number of hydrogen-bond donors (Lipinski definition) is 1. The lowest BCUT2D eigenvalue weighted by molar-refractivity contribution is 0.281. The van der Waals surface area contributed by atoms with E-state index in [2.05, 4.69) is 4.90 Å². The topological polar surface area (TPSA) is 23.5 Å². The zero-order valence-corrected chi connectivity index (χ0v) is 10.3. The Bertz CT molecular complexity index is 374. The maximum Gasteiger partial charge on any atom is 0.123 e. The second-order valence-electron chi connectivity index (χ2n) is 4.96. The van der Waals surface area contributed by atoms with Gasteiger partial charge in [-0.15, -0.1) is 0 Å². The monoisotopic (exact) mass is 237 g/mol. The summed E-state index contributed by atoms with van der Waals surface area (Å²) in [5.41, 5.74) is 1.62. The molecule has 0 saturated heterocycles. The van der Waals surface area contributed by atoms with Crippen molar-refractivity contribution in [3.8, 4) is 0 Å². The minimum atomic E-state index is -0.285. The first kappa shape index (κ1) is 12.4. The number of rotatable bonds is 4. The molecule has 0 spiro atoms. The summed E-state index contributed by atoms with van der Waals surface area (Å²) in [6.07, 6.45) is 5.24. The van der Waals surface area contributed by atoms with Gasteiger partial charge in [-0.05, 0) is 37.0 Å². The van der Waals surface area contributed by atoms with E-state index in [1.807, 2.05) is 7.05 Å². The van der Waals surface area contributed by atoms with Gasteiger partial charge in [0.05, 0.1) is 6.61 Å². The largest absolute Gasteiger partial charge is 0.392 e. The van der Waals surface area contributed by atoms with Crippen LogP contribution in [-0.2, 0) is 6.61 Å². The fourth-order valence-corrected chi connectivity index (χ4v) is 2.73. The maximum atomic E-state index is 13.1. The van der Waals surface area contributed by atoms with Crippen LogP contribution in [0.4, 0.5) is 10.1 Å². The molecule has 1 aliphatic carbocycles. The molecular formula is C14H20FNO. The van der Waals surface area contributed by atoms with Gasteiger partial charge in [-0.2, -0.15) is 0 Å². The van der Waals surface area contributed by atoms with E-state index in [4.69, 9.17) is 0 Å². The zero-order valence-electron chi connectivity index (χ0n) is 10.3. The summed E-state index contributed by atoms with van der Waals surface area (Å²) < 4.78 is 13.1. The molecule has 0 radical (unpaired) electrons. The molecule has 94 valence electrons. The van der Waals surface area contributed by atoms with E-state index in [1.165, 1.54) is 37.8 Å². The van der Waals surface area contributed by atoms with Crippen molar-refractivity contribution in [1.82, 2.24) is 0 Å². The van der Waals surface area contributed by atoms with Crippen LogP contribution in [0.1, 0.15) is 31.2 Å². The van der Waals surface area contributed by atoms with Gasteiger partial charge < -0.3 is 10.0 Å². The van der Waals surface area contributed by atoms with Gasteiger partial charge >= 0.3 is 0 Å². The average Bonchev–Trinajstić information content (AvgIpc) is 2.81. The Hall–Kier alpha value is -1.09. The third-order valence-corrected chi connectivity index (χ3v) is 3.63. The van der Waals surface area contributed by atoms with E-state index >= 15 is 0 Å². The Kier molecular flexibility index (Phi) is 4.00. The van der Waals surface area contributed by atoms with Crippen LogP contribution in [0.2, 0.25) is 0 Å². The molecule has 2 nitrogen and oxygen atoms in total. The van der Waals surface area contributed by atoms with Gasteiger partial charge in [0.25, 0.3) is 0 Å². The van der Waals surface area contributed by atoms with Gasteiger partial charge in [0.1, 0.15) is 5.82 Å². The first-order valence-corrected chi connectivity index (χ1v) is 6.31. The van der Waals surface area contributed by atoms with Crippen molar-refractivity contribution in [3.63, 3.8) is 0 Å². The van der Waals surface area contributed by atoms with Crippen LogP contribution >= 0.6 is 0 Å². The number of halogens is 1. The van der Waals surface area contributed by atoms with Crippen molar-refractivity contribution in [2.24, 2.45) is 5.92 Å². The summed E-state index contributed by atoms with van der Waals surface area (Å²) in [5, 5.41) is 9.26. The third kappa shape index (κ3) is 2.97. The average molecular weight is 237 g/mol. The number of aliphatic hydroxyl groups is 1. The zero-order chi connectivity index (χ0) is 12.3. The molecular weight excluding hydrogens is 217 g/mol. The van der Waals surface area contributed by atoms with Crippen molar-refractivity contribution < 1.29 is 9.50 Å². The predicted octanol–water partition coefficient (Wildman–Crippen LogP) is 2.94. The molecule has 1 aromatic rings. The highest BCUT2D eigenvalue weighted by Crippen LogP contribution is 2.28. The normalized spacial score (nSPS) is 16.4. The van der Waals surface area contributed by atoms with E-state index in [1.54, 1.807) is 6.07 Å². The molecule has 1 saturated carbocycles. The van der Waals surface area contributed by atoms with Crippen LogP contribution < -0.4 is 4.90 Å². The van der Waals surface area contributed by atoms with E-state index in [9.17, 15) is 9.50 Å². The van der Waals surface area contributed by atoms with Crippen LogP contribution in [0, 0.1) is 11.7 Å². The Balaban J connectivity index is 2.09. The van der Waals surface area contributed by atoms with Crippen molar-refractivity contribution in [3.05, 3.63) is 29.6 Å². The van der Waals surface area contributed by atoms with Crippen molar-refractivity contribution >= 4 is 5.69 Å². The SMILES string of the molecule is CN(CC1CCCC1)c1ccc(F)cc1CO. The number of hydrogen-bond acceptors (Lipinski definition) is 2. The van der Waals surface area contributed by atoms with Gasteiger partial charge in [0, 0.05) is 24.8 Å². The molecule has 3 heteroatoms. The molecule has 2 rings (SSSR count). The summed E-state index contributed by atoms with van der Waals surface area (Å²) in [4.78, 5) is 2.14. The molecule has 1 aliphatic rings. The molecule has 0 bridgehead atoms. The summed E-state index contributed by atoms with van der Waals surface area (Å²) in [6.45, 7) is 0.890. The standard InChI is InChI=1S/C14H20FNO/c1-16(9-11-4-2-3-5-11)14-7-6-13(15)8-12(14)10-17/h6-8,11,17H,2-5,9-10H2,1H3. The van der Waals surface area contributed by atoms with Crippen LogP contribution in [0.5, 0.6) is 0 Å². The molecule has 0 heterocycles. The van der Waals surface area contributed by atoms with Gasteiger partial charge in [0.15, 0.2) is 0 Å². The Morgan fingerprint density at radius 1 is 1.35 bits per heavy atom. The minimum Gasteiger partial charge on any atom is -0.392 e. The Morgan fingerprint density at radius 2 is 2.06 bits per heavy atom. The fourth-order valence-electron chi connectivity index (χ4n) is 2.73. The van der Waals surface area contributed by atoms with Crippen molar-refractivity contribution in [2.45, 2.75) is 32.3 Å². The number of anilines is 1. The maximum absolute atomic E-state index is 13.1. The molecule has 0 amide bonds. The molecule has 1 aromatic carbocycles. The number of nitrogens with zero attached hydrogens (tertiary/aromatic N) is 1. The van der Waals surface area contributed by atoms with Crippen LogP contribution in [0.15, 0.2) is 18.2 Å². The molecule has 17 heavy (non-hydrogen) atoms. The molecule has 0 unspecified atom stereocenters. The second kappa shape index (κ2) is 5.50. The quantitative estimate of drug-likeness (QED) is 0.870. The molecule has 0 aromatic heterocycles. The predicted molar refractivity (Wildman–Crippen MR) is 67.6 cm³/mol. The lowest BCUT2D eigenvalue weighted by Gasteiger charge is -2.25. The summed E-state index contributed by atoms with van der Waals surface area (Å²) in [7, 11) is 2.02. The van der Waals surface area contributed by atoms with E-state index in [0.717, 1.165) is 18.2 Å².